The molecule has 1 atom stereocenters. The van der Waals surface area contributed by atoms with Crippen LogP contribution < -0.4 is 15.4 Å². The molecule has 2 aliphatic heterocycles. The molecule has 1 saturated heterocycles. The molecule has 0 bridgehead atoms. The second-order valence-corrected chi connectivity index (χ2v) is 5.77. The quantitative estimate of drug-likeness (QED) is 0.819. The maximum absolute atomic E-state index is 6.07. The van der Waals surface area contributed by atoms with E-state index in [-0.39, 0.29) is 6.04 Å². The molecule has 2 aliphatic rings. The lowest BCUT2D eigenvalue weighted by Crippen LogP contribution is -2.45. The Hall–Kier alpha value is -1.26. The van der Waals surface area contributed by atoms with Crippen LogP contribution in [0.2, 0.25) is 0 Å². The Morgan fingerprint density at radius 3 is 2.68 bits per heavy atom. The van der Waals surface area contributed by atoms with Crippen LogP contribution in [0, 0.1) is 6.92 Å². The van der Waals surface area contributed by atoms with Crippen LogP contribution in [-0.4, -0.2) is 50.8 Å². The number of aryl methyl sites for hydroxylation is 1. The molecular weight excluding hydrogens is 238 g/mol. The van der Waals surface area contributed by atoms with Crippen LogP contribution in [0.1, 0.15) is 11.1 Å². The predicted molar refractivity (Wildman–Crippen MR) is 78.1 cm³/mol. The Labute approximate surface area is 115 Å². The molecule has 0 spiro atoms. The molecule has 1 aromatic rings. The second-order valence-electron chi connectivity index (χ2n) is 5.77. The molecule has 0 unspecified atom stereocenters. The topological polar surface area (TPSA) is 41.7 Å². The van der Waals surface area contributed by atoms with Gasteiger partial charge in [0.2, 0.25) is 0 Å². The van der Waals surface area contributed by atoms with Gasteiger partial charge < -0.3 is 20.3 Å². The molecule has 4 nitrogen and oxygen atoms in total. The standard InChI is InChI=1S/C15H23N3O/c1-11-3-4-14(18-7-5-17(2)6-8-18)13-9-12(16)10-19-15(11)13/h3-4,12H,5-10,16H2,1-2H3/t12-/m1/s1. The Morgan fingerprint density at radius 2 is 1.95 bits per heavy atom. The molecule has 104 valence electrons. The first kappa shape index (κ1) is 12.8. The molecule has 1 aromatic carbocycles. The minimum absolute atomic E-state index is 0.125. The second kappa shape index (κ2) is 5.02. The maximum Gasteiger partial charge on any atom is 0.127 e. The van der Waals surface area contributed by atoms with Crippen molar-refractivity contribution >= 4 is 5.69 Å². The van der Waals surface area contributed by atoms with Crippen molar-refractivity contribution in [3.05, 3.63) is 23.3 Å². The Morgan fingerprint density at radius 1 is 1.21 bits per heavy atom. The zero-order chi connectivity index (χ0) is 13.4. The summed E-state index contributed by atoms with van der Waals surface area (Å²) in [6.45, 7) is 7.16. The monoisotopic (exact) mass is 261 g/mol. The van der Waals surface area contributed by atoms with E-state index in [1.165, 1.54) is 16.8 Å². The van der Waals surface area contributed by atoms with Gasteiger partial charge in [-0.2, -0.15) is 0 Å². The van der Waals surface area contributed by atoms with Crippen LogP contribution in [0.25, 0.3) is 0 Å². The third-order valence-corrected chi connectivity index (χ3v) is 4.18. The van der Waals surface area contributed by atoms with Crippen LogP contribution in [0.3, 0.4) is 0 Å². The van der Waals surface area contributed by atoms with Crippen LogP contribution in [-0.2, 0) is 6.42 Å². The fraction of sp³-hybridized carbons (Fsp3) is 0.600. The summed E-state index contributed by atoms with van der Waals surface area (Å²) < 4.78 is 5.86. The van der Waals surface area contributed by atoms with E-state index < -0.39 is 0 Å². The fourth-order valence-corrected chi connectivity index (χ4v) is 2.99. The Balaban J connectivity index is 1.93. The van der Waals surface area contributed by atoms with E-state index in [4.69, 9.17) is 10.5 Å². The number of rotatable bonds is 1. The van der Waals surface area contributed by atoms with E-state index in [1.54, 1.807) is 0 Å². The van der Waals surface area contributed by atoms with Gasteiger partial charge in [0.1, 0.15) is 12.4 Å². The van der Waals surface area contributed by atoms with Crippen molar-refractivity contribution in [1.82, 2.24) is 4.90 Å². The lowest BCUT2D eigenvalue weighted by molar-refractivity contribution is 0.261. The normalized spacial score (nSPS) is 23.9. The number of hydrogen-bond acceptors (Lipinski definition) is 4. The van der Waals surface area contributed by atoms with Gasteiger partial charge in [0.05, 0.1) is 0 Å². The highest BCUT2D eigenvalue weighted by Crippen LogP contribution is 2.36. The predicted octanol–water partition coefficient (Wildman–Crippen LogP) is 1.01. The number of nitrogens with two attached hydrogens (primary N) is 1. The van der Waals surface area contributed by atoms with E-state index in [0.717, 1.165) is 38.3 Å². The molecule has 0 amide bonds. The molecule has 2 N–H and O–H groups in total. The molecule has 4 heteroatoms. The molecule has 3 rings (SSSR count). The van der Waals surface area contributed by atoms with Crippen LogP contribution >= 0.6 is 0 Å². The average molecular weight is 261 g/mol. The van der Waals surface area contributed by atoms with Crippen molar-refractivity contribution in [2.24, 2.45) is 5.73 Å². The van der Waals surface area contributed by atoms with Gasteiger partial charge >= 0.3 is 0 Å². The van der Waals surface area contributed by atoms with Crippen molar-refractivity contribution in [2.45, 2.75) is 19.4 Å². The zero-order valence-corrected chi connectivity index (χ0v) is 11.9. The van der Waals surface area contributed by atoms with Gasteiger partial charge in [-0.1, -0.05) is 6.07 Å². The van der Waals surface area contributed by atoms with E-state index >= 15 is 0 Å². The molecule has 0 radical (unpaired) electrons. The first-order chi connectivity index (χ1) is 9.15. The number of benzene rings is 1. The third-order valence-electron chi connectivity index (χ3n) is 4.18. The molecule has 1 fully saturated rings. The number of anilines is 1. The van der Waals surface area contributed by atoms with E-state index in [2.05, 4.69) is 35.9 Å². The molecule has 0 saturated carbocycles. The molecule has 19 heavy (non-hydrogen) atoms. The minimum atomic E-state index is 0.125. The van der Waals surface area contributed by atoms with Gasteiger partial charge in [-0.05, 0) is 32.0 Å². The first-order valence-corrected chi connectivity index (χ1v) is 7.09. The highest BCUT2D eigenvalue weighted by Gasteiger charge is 2.25. The van der Waals surface area contributed by atoms with Crippen molar-refractivity contribution in [3.8, 4) is 5.75 Å². The van der Waals surface area contributed by atoms with Gasteiger partial charge in [0.15, 0.2) is 0 Å². The average Bonchev–Trinajstić information content (AvgIpc) is 2.40. The Bertz CT molecular complexity index is 467. The van der Waals surface area contributed by atoms with Crippen molar-refractivity contribution in [3.63, 3.8) is 0 Å². The van der Waals surface area contributed by atoms with Crippen molar-refractivity contribution in [2.75, 3.05) is 44.7 Å². The molecule has 2 heterocycles. The molecule has 0 aromatic heterocycles. The summed E-state index contributed by atoms with van der Waals surface area (Å²) >= 11 is 0. The lowest BCUT2D eigenvalue weighted by Gasteiger charge is -2.37. The number of ether oxygens (including phenoxy) is 1. The van der Waals surface area contributed by atoms with Gasteiger partial charge in [-0.3, -0.25) is 0 Å². The summed E-state index contributed by atoms with van der Waals surface area (Å²) in [6.07, 6.45) is 0.929. The van der Waals surface area contributed by atoms with Gasteiger partial charge in [-0.15, -0.1) is 0 Å². The summed E-state index contributed by atoms with van der Waals surface area (Å²) in [5.74, 6) is 1.07. The third kappa shape index (κ3) is 2.42. The van der Waals surface area contributed by atoms with Crippen molar-refractivity contribution < 1.29 is 4.74 Å². The highest BCUT2D eigenvalue weighted by atomic mass is 16.5. The molecule has 0 aliphatic carbocycles. The number of piperazine rings is 1. The zero-order valence-electron chi connectivity index (χ0n) is 11.9. The maximum atomic E-state index is 6.07. The number of hydrogen-bond donors (Lipinski definition) is 1. The van der Waals surface area contributed by atoms with E-state index in [1.807, 2.05) is 0 Å². The largest absolute Gasteiger partial charge is 0.491 e. The first-order valence-electron chi connectivity index (χ1n) is 7.09. The van der Waals surface area contributed by atoms with Gasteiger partial charge in [-0.25, -0.2) is 0 Å². The van der Waals surface area contributed by atoms with Crippen LogP contribution in [0.5, 0.6) is 5.75 Å². The van der Waals surface area contributed by atoms with Crippen LogP contribution in [0.15, 0.2) is 12.1 Å². The fourth-order valence-electron chi connectivity index (χ4n) is 2.99. The van der Waals surface area contributed by atoms with E-state index in [9.17, 15) is 0 Å². The van der Waals surface area contributed by atoms with Gasteiger partial charge in [0, 0.05) is 43.5 Å². The Kier molecular flexibility index (Phi) is 3.37. The smallest absolute Gasteiger partial charge is 0.127 e. The van der Waals surface area contributed by atoms with Gasteiger partial charge in [0.25, 0.3) is 0 Å². The van der Waals surface area contributed by atoms with E-state index in [0.29, 0.717) is 6.61 Å². The summed E-state index contributed by atoms with van der Waals surface area (Å²) in [5.41, 5.74) is 9.92. The number of likely N-dealkylation sites (N-methyl/N-ethyl adjacent to an activating group) is 1. The van der Waals surface area contributed by atoms with Crippen molar-refractivity contribution in [1.29, 1.82) is 0 Å². The highest BCUT2D eigenvalue weighted by molar-refractivity contribution is 5.63. The summed E-state index contributed by atoms with van der Waals surface area (Å²) in [6, 6.07) is 4.53. The molecular formula is C15H23N3O. The SMILES string of the molecule is Cc1ccc(N2CCN(C)CC2)c2c1OC[C@H](N)C2. The number of fused-ring (bicyclic) bond motifs is 1. The number of nitrogens with zero attached hydrogens (tertiary/aromatic N) is 2. The summed E-state index contributed by atoms with van der Waals surface area (Å²) in [5, 5.41) is 0. The lowest BCUT2D eigenvalue weighted by atomic mass is 9.97. The van der Waals surface area contributed by atoms with Crippen LogP contribution in [0.4, 0.5) is 5.69 Å². The summed E-state index contributed by atoms with van der Waals surface area (Å²) in [4.78, 5) is 4.85. The summed E-state index contributed by atoms with van der Waals surface area (Å²) in [7, 11) is 2.18. The minimum Gasteiger partial charge on any atom is -0.491 e.